The first-order valence-corrected chi connectivity index (χ1v) is 8.45. The van der Waals surface area contributed by atoms with Crippen LogP contribution in [0.25, 0.3) is 16.9 Å². The molecule has 4 nitrogen and oxygen atoms in total. The fraction of sp³-hybridized carbons (Fsp3) is 0.350. The van der Waals surface area contributed by atoms with Crippen molar-refractivity contribution in [1.29, 1.82) is 0 Å². The first kappa shape index (κ1) is 16.4. The molecule has 2 heterocycles. The van der Waals surface area contributed by atoms with Gasteiger partial charge in [0, 0.05) is 18.3 Å². The normalized spacial score (nSPS) is 11.2. The summed E-state index contributed by atoms with van der Waals surface area (Å²) in [6.45, 7) is 7.50. The molecule has 0 amide bonds. The first-order valence-electron chi connectivity index (χ1n) is 8.45. The van der Waals surface area contributed by atoms with Gasteiger partial charge in [-0.15, -0.1) is 0 Å². The molecule has 1 aromatic carbocycles. The molecule has 0 atom stereocenters. The van der Waals surface area contributed by atoms with Crippen LogP contribution in [-0.4, -0.2) is 23.0 Å². The minimum absolute atomic E-state index is 0.670. The van der Waals surface area contributed by atoms with Crippen molar-refractivity contribution in [3.63, 3.8) is 0 Å². The zero-order valence-electron chi connectivity index (χ0n) is 14.8. The Kier molecular flexibility index (Phi) is 4.74. The topological polar surface area (TPSA) is 38.6 Å². The Balaban J connectivity index is 2.03. The van der Waals surface area contributed by atoms with Gasteiger partial charge in [0.15, 0.2) is 0 Å². The molecule has 0 saturated carbocycles. The van der Waals surface area contributed by atoms with Crippen LogP contribution in [0.2, 0.25) is 0 Å². The van der Waals surface area contributed by atoms with Crippen LogP contribution in [0.15, 0.2) is 42.6 Å². The summed E-state index contributed by atoms with van der Waals surface area (Å²) in [7, 11) is 1.68. The van der Waals surface area contributed by atoms with Gasteiger partial charge < -0.3 is 10.1 Å². The summed E-state index contributed by atoms with van der Waals surface area (Å²) in [5.41, 5.74) is 4.24. The number of benzene rings is 1. The molecule has 3 aromatic rings. The molecule has 0 bridgehead atoms. The monoisotopic (exact) mass is 323 g/mol. The Hall–Kier alpha value is -2.49. The minimum Gasteiger partial charge on any atom is -0.497 e. The van der Waals surface area contributed by atoms with E-state index in [-0.39, 0.29) is 0 Å². The smallest absolute Gasteiger partial charge is 0.139 e. The number of aryl methyl sites for hydroxylation is 1. The van der Waals surface area contributed by atoms with E-state index in [1.807, 2.05) is 12.1 Å². The third-order valence-electron chi connectivity index (χ3n) is 4.16. The molecule has 3 rings (SSSR count). The van der Waals surface area contributed by atoms with Gasteiger partial charge in [0.1, 0.15) is 22.9 Å². The number of anilines is 1. The summed E-state index contributed by atoms with van der Waals surface area (Å²) in [5.74, 6) is 2.58. The molecule has 24 heavy (non-hydrogen) atoms. The second-order valence-corrected chi connectivity index (χ2v) is 6.58. The third kappa shape index (κ3) is 3.37. The Morgan fingerprint density at radius 3 is 2.58 bits per heavy atom. The van der Waals surface area contributed by atoms with Gasteiger partial charge in [-0.25, -0.2) is 4.98 Å². The number of nitrogens with zero attached hydrogens (tertiary/aromatic N) is 2. The van der Waals surface area contributed by atoms with Crippen molar-refractivity contribution in [3.8, 4) is 17.0 Å². The maximum Gasteiger partial charge on any atom is 0.139 e. The molecular weight excluding hydrogens is 298 g/mol. The van der Waals surface area contributed by atoms with E-state index < -0.39 is 0 Å². The molecule has 0 unspecified atom stereocenters. The molecule has 2 aromatic heterocycles. The Labute approximate surface area is 143 Å². The molecule has 0 radical (unpaired) electrons. The molecule has 0 spiro atoms. The van der Waals surface area contributed by atoms with Crippen molar-refractivity contribution in [2.24, 2.45) is 5.92 Å². The fourth-order valence-corrected chi connectivity index (χ4v) is 2.74. The van der Waals surface area contributed by atoms with E-state index in [4.69, 9.17) is 9.72 Å². The van der Waals surface area contributed by atoms with Crippen LogP contribution < -0.4 is 10.1 Å². The molecule has 0 aliphatic carbocycles. The molecule has 0 aliphatic heterocycles. The van der Waals surface area contributed by atoms with Crippen molar-refractivity contribution in [2.45, 2.75) is 27.2 Å². The molecule has 0 saturated heterocycles. The van der Waals surface area contributed by atoms with Crippen LogP contribution in [0, 0.1) is 12.8 Å². The van der Waals surface area contributed by atoms with E-state index in [2.05, 4.69) is 61.0 Å². The molecule has 4 heteroatoms. The van der Waals surface area contributed by atoms with E-state index in [0.29, 0.717) is 5.92 Å². The largest absolute Gasteiger partial charge is 0.497 e. The summed E-state index contributed by atoms with van der Waals surface area (Å²) < 4.78 is 7.39. The SMILES string of the molecule is COc1ccc(-c2nc3cc(C)ccn3c2NCCC(C)C)cc1. The maximum atomic E-state index is 5.26. The average Bonchev–Trinajstić information content (AvgIpc) is 2.92. The average molecular weight is 323 g/mol. The van der Waals surface area contributed by atoms with E-state index in [1.54, 1.807) is 7.11 Å². The van der Waals surface area contributed by atoms with Gasteiger partial charge in [-0.2, -0.15) is 0 Å². The van der Waals surface area contributed by atoms with E-state index in [0.717, 1.165) is 41.4 Å². The van der Waals surface area contributed by atoms with E-state index >= 15 is 0 Å². The van der Waals surface area contributed by atoms with Crippen molar-refractivity contribution >= 4 is 11.5 Å². The fourth-order valence-electron chi connectivity index (χ4n) is 2.74. The van der Waals surface area contributed by atoms with Crippen LogP contribution in [0.5, 0.6) is 5.75 Å². The molecule has 0 aliphatic rings. The second kappa shape index (κ2) is 6.95. The summed E-state index contributed by atoms with van der Waals surface area (Å²) in [4.78, 5) is 4.86. The lowest BCUT2D eigenvalue weighted by molar-refractivity contribution is 0.415. The second-order valence-electron chi connectivity index (χ2n) is 6.58. The first-order chi connectivity index (χ1) is 11.6. The van der Waals surface area contributed by atoms with E-state index in [9.17, 15) is 0 Å². The molecule has 1 N–H and O–H groups in total. The summed E-state index contributed by atoms with van der Waals surface area (Å²) in [6, 6.07) is 12.3. The van der Waals surface area contributed by atoms with Crippen LogP contribution in [0.4, 0.5) is 5.82 Å². The maximum absolute atomic E-state index is 5.26. The molecule has 0 fully saturated rings. The third-order valence-corrected chi connectivity index (χ3v) is 4.16. The van der Waals surface area contributed by atoms with Crippen molar-refractivity contribution < 1.29 is 4.74 Å². The summed E-state index contributed by atoms with van der Waals surface area (Å²) >= 11 is 0. The van der Waals surface area contributed by atoms with Gasteiger partial charge in [-0.05, 0) is 61.2 Å². The van der Waals surface area contributed by atoms with Crippen LogP contribution in [0.1, 0.15) is 25.8 Å². The lowest BCUT2D eigenvalue weighted by atomic mass is 10.1. The predicted molar refractivity (Wildman–Crippen MR) is 99.9 cm³/mol. The Bertz CT molecular complexity index is 819. The number of hydrogen-bond acceptors (Lipinski definition) is 3. The number of fused-ring (bicyclic) bond motifs is 1. The zero-order valence-corrected chi connectivity index (χ0v) is 14.8. The number of methoxy groups -OCH3 is 1. The number of pyridine rings is 1. The predicted octanol–water partition coefficient (Wildman–Crippen LogP) is 4.78. The van der Waals surface area contributed by atoms with Crippen LogP contribution in [0.3, 0.4) is 0 Å². The van der Waals surface area contributed by atoms with Crippen LogP contribution >= 0.6 is 0 Å². The Morgan fingerprint density at radius 1 is 1.17 bits per heavy atom. The van der Waals surface area contributed by atoms with Gasteiger partial charge in [0.2, 0.25) is 0 Å². The Morgan fingerprint density at radius 2 is 1.92 bits per heavy atom. The van der Waals surface area contributed by atoms with Gasteiger partial charge in [-0.1, -0.05) is 13.8 Å². The standard InChI is InChI=1S/C20H25N3O/c1-14(2)9-11-21-20-19(16-5-7-17(24-4)8-6-16)22-18-13-15(3)10-12-23(18)20/h5-8,10,12-14,21H,9,11H2,1-4H3. The minimum atomic E-state index is 0.670. The van der Waals surface area contributed by atoms with Crippen LogP contribution in [-0.2, 0) is 0 Å². The number of rotatable bonds is 6. The molecular formula is C20H25N3O. The van der Waals surface area contributed by atoms with Crippen molar-refractivity contribution in [3.05, 3.63) is 48.2 Å². The van der Waals surface area contributed by atoms with Gasteiger partial charge in [0.25, 0.3) is 0 Å². The highest BCUT2D eigenvalue weighted by Gasteiger charge is 2.14. The van der Waals surface area contributed by atoms with Crippen molar-refractivity contribution in [2.75, 3.05) is 19.0 Å². The number of aromatic nitrogens is 2. The number of ether oxygens (including phenoxy) is 1. The summed E-state index contributed by atoms with van der Waals surface area (Å²) in [6.07, 6.45) is 3.21. The molecule has 126 valence electrons. The number of nitrogens with one attached hydrogen (secondary N) is 1. The van der Waals surface area contributed by atoms with Crippen molar-refractivity contribution in [1.82, 2.24) is 9.38 Å². The quantitative estimate of drug-likeness (QED) is 0.710. The number of imidazole rings is 1. The van der Waals surface area contributed by atoms with Gasteiger partial charge in [0.05, 0.1) is 7.11 Å². The van der Waals surface area contributed by atoms with E-state index in [1.165, 1.54) is 5.56 Å². The lowest BCUT2D eigenvalue weighted by Crippen LogP contribution is -2.07. The van der Waals surface area contributed by atoms with Gasteiger partial charge in [-0.3, -0.25) is 4.40 Å². The van der Waals surface area contributed by atoms with Gasteiger partial charge >= 0.3 is 0 Å². The number of hydrogen-bond donors (Lipinski definition) is 1. The highest BCUT2D eigenvalue weighted by Crippen LogP contribution is 2.30. The summed E-state index contributed by atoms with van der Waals surface area (Å²) in [5, 5.41) is 3.58. The highest BCUT2D eigenvalue weighted by molar-refractivity contribution is 5.77. The lowest BCUT2D eigenvalue weighted by Gasteiger charge is -2.10. The highest BCUT2D eigenvalue weighted by atomic mass is 16.5. The zero-order chi connectivity index (χ0) is 17.1.